The van der Waals surface area contributed by atoms with Crippen LogP contribution in [0.3, 0.4) is 0 Å². The van der Waals surface area contributed by atoms with Gasteiger partial charge in [-0.2, -0.15) is 0 Å². The first-order chi connectivity index (χ1) is 19.7. The zero-order valence-corrected chi connectivity index (χ0v) is 23.9. The van der Waals surface area contributed by atoms with E-state index in [-0.39, 0.29) is 25.0 Å². The molecule has 41 heavy (non-hydrogen) atoms. The van der Waals surface area contributed by atoms with Crippen LogP contribution >= 0.6 is 11.6 Å². The average molecular weight is 578 g/mol. The number of aliphatic hydroxyl groups is 1. The summed E-state index contributed by atoms with van der Waals surface area (Å²) in [4.78, 5) is 47.1. The number of aromatic nitrogens is 3. The number of hydrogen-bond donors (Lipinski definition) is 4. The predicted octanol–water partition coefficient (Wildman–Crippen LogP) is 2.36. The van der Waals surface area contributed by atoms with Crippen LogP contribution in [-0.2, 0) is 11.3 Å². The number of carbonyl (C=O) groups excluding carboxylic acids is 2. The van der Waals surface area contributed by atoms with Crippen LogP contribution in [0, 0.1) is 0 Å². The molecule has 0 aliphatic carbocycles. The number of nitrogens with zero attached hydrogens (tertiary/aromatic N) is 6. The second-order valence-electron chi connectivity index (χ2n) is 9.56. The molecule has 13 heteroatoms. The lowest BCUT2D eigenvalue weighted by molar-refractivity contribution is -0.126. The van der Waals surface area contributed by atoms with E-state index in [1.165, 1.54) is 23.5 Å². The van der Waals surface area contributed by atoms with E-state index in [1.54, 1.807) is 26.1 Å². The van der Waals surface area contributed by atoms with Crippen LogP contribution in [0.5, 0.6) is 0 Å². The van der Waals surface area contributed by atoms with Crippen molar-refractivity contribution >= 4 is 41.4 Å². The molecular weight excluding hydrogens is 546 g/mol. The van der Waals surface area contributed by atoms with E-state index in [0.717, 1.165) is 5.56 Å². The van der Waals surface area contributed by atoms with Crippen LogP contribution in [0.15, 0.2) is 59.5 Å². The molecule has 1 aliphatic heterocycles. The number of allylic oxidation sites excluding steroid dienone is 1. The van der Waals surface area contributed by atoms with Gasteiger partial charge in [0.25, 0.3) is 5.91 Å². The monoisotopic (exact) mass is 577 g/mol. The lowest BCUT2D eigenvalue weighted by Gasteiger charge is -2.26. The molecule has 214 valence electrons. The van der Waals surface area contributed by atoms with Gasteiger partial charge in [0.15, 0.2) is 0 Å². The highest BCUT2D eigenvalue weighted by atomic mass is 35.5. The number of hydrogen-bond acceptors (Lipinski definition) is 10. The fraction of sp³-hybridized carbons (Fsp3) is 0.286. The maximum absolute atomic E-state index is 13.4. The molecule has 3 heterocycles. The highest BCUT2D eigenvalue weighted by molar-refractivity contribution is 6.33. The van der Waals surface area contributed by atoms with E-state index in [0.29, 0.717) is 39.1 Å². The Bertz CT molecular complexity index is 1510. The SMILES string of the molecule is CN=CC(=CN)Nc1ncc(Cl)c(-c2ccc3c(c2)C(=O)N([C@H](C)C(=O)N[C@H](CO)c2cccc(N(C)C)n2)C3)n1. The molecule has 5 N–H and O–H groups in total. The van der Waals surface area contributed by atoms with Gasteiger partial charge in [-0.25, -0.2) is 15.0 Å². The van der Waals surface area contributed by atoms with Crippen molar-refractivity contribution in [3.8, 4) is 11.3 Å². The Morgan fingerprint density at radius 2 is 2.07 bits per heavy atom. The average Bonchev–Trinajstić information content (AvgIpc) is 3.31. The highest BCUT2D eigenvalue weighted by Crippen LogP contribution is 2.32. The molecule has 0 spiro atoms. The molecule has 0 saturated heterocycles. The van der Waals surface area contributed by atoms with Gasteiger partial charge < -0.3 is 31.3 Å². The summed E-state index contributed by atoms with van der Waals surface area (Å²) in [5.74, 6) is 0.246. The number of pyridine rings is 1. The molecule has 4 rings (SSSR count). The predicted molar refractivity (Wildman–Crippen MR) is 159 cm³/mol. The van der Waals surface area contributed by atoms with Gasteiger partial charge in [0.1, 0.15) is 11.9 Å². The Morgan fingerprint density at radius 1 is 1.29 bits per heavy atom. The van der Waals surface area contributed by atoms with Gasteiger partial charge in [0.2, 0.25) is 11.9 Å². The van der Waals surface area contributed by atoms with Crippen molar-refractivity contribution in [1.29, 1.82) is 0 Å². The molecule has 3 aromatic rings. The van der Waals surface area contributed by atoms with Gasteiger partial charge in [0, 0.05) is 51.2 Å². The number of fused-ring (bicyclic) bond motifs is 1. The largest absolute Gasteiger partial charge is 0.403 e. The molecule has 2 amide bonds. The number of rotatable bonds is 10. The van der Waals surface area contributed by atoms with Crippen molar-refractivity contribution in [2.45, 2.75) is 25.6 Å². The number of halogens is 1. The summed E-state index contributed by atoms with van der Waals surface area (Å²) >= 11 is 6.42. The maximum atomic E-state index is 13.4. The van der Waals surface area contributed by atoms with Gasteiger partial charge in [-0.05, 0) is 30.7 Å². The molecule has 0 fully saturated rings. The van der Waals surface area contributed by atoms with Crippen molar-refractivity contribution < 1.29 is 14.7 Å². The fourth-order valence-corrected chi connectivity index (χ4v) is 4.53. The second-order valence-corrected chi connectivity index (χ2v) is 9.97. The minimum atomic E-state index is -0.801. The topological polar surface area (TPSA) is 162 Å². The van der Waals surface area contributed by atoms with E-state index in [2.05, 4.69) is 30.6 Å². The van der Waals surface area contributed by atoms with Crippen LogP contribution in [0.2, 0.25) is 5.02 Å². The Balaban J connectivity index is 1.52. The fourth-order valence-electron chi connectivity index (χ4n) is 4.33. The van der Waals surface area contributed by atoms with Crippen LogP contribution in [0.1, 0.15) is 34.6 Å². The van der Waals surface area contributed by atoms with Gasteiger partial charge >= 0.3 is 0 Å². The molecule has 0 saturated carbocycles. The summed E-state index contributed by atoms with van der Waals surface area (Å²) in [6.45, 7) is 1.57. The molecular formula is C28H32ClN9O3. The van der Waals surface area contributed by atoms with E-state index >= 15 is 0 Å². The number of aliphatic imine (C=N–C) groups is 1. The summed E-state index contributed by atoms with van der Waals surface area (Å²) in [6.07, 6.45) is 4.32. The van der Waals surface area contributed by atoms with Gasteiger partial charge in [-0.1, -0.05) is 29.8 Å². The lowest BCUT2D eigenvalue weighted by Crippen LogP contribution is -2.47. The van der Waals surface area contributed by atoms with Gasteiger partial charge in [-0.15, -0.1) is 0 Å². The molecule has 0 bridgehead atoms. The molecule has 0 unspecified atom stereocenters. The van der Waals surface area contributed by atoms with Gasteiger partial charge in [0.05, 0.1) is 41.0 Å². The summed E-state index contributed by atoms with van der Waals surface area (Å²) in [7, 11) is 5.32. The third-order valence-corrected chi connectivity index (χ3v) is 6.86. The number of amides is 2. The van der Waals surface area contributed by atoms with Crippen molar-refractivity contribution in [1.82, 2.24) is 25.2 Å². The first-order valence-electron chi connectivity index (χ1n) is 12.8. The molecule has 0 radical (unpaired) electrons. The number of nitrogens with two attached hydrogens (primary N) is 1. The van der Waals surface area contributed by atoms with E-state index in [9.17, 15) is 14.7 Å². The Kier molecular flexibility index (Phi) is 9.15. The second kappa shape index (κ2) is 12.7. The van der Waals surface area contributed by atoms with E-state index in [1.807, 2.05) is 43.3 Å². The smallest absolute Gasteiger partial charge is 0.255 e. The maximum Gasteiger partial charge on any atom is 0.255 e. The van der Waals surface area contributed by atoms with Crippen molar-refractivity contribution in [2.75, 3.05) is 38.0 Å². The van der Waals surface area contributed by atoms with Crippen LogP contribution in [0.25, 0.3) is 11.3 Å². The van der Waals surface area contributed by atoms with E-state index < -0.39 is 18.0 Å². The molecule has 1 aromatic carbocycles. The molecule has 2 aromatic heterocycles. The Hall–Kier alpha value is -4.55. The quantitative estimate of drug-likeness (QED) is 0.265. The van der Waals surface area contributed by atoms with Crippen molar-refractivity contribution in [3.63, 3.8) is 0 Å². The third-order valence-electron chi connectivity index (χ3n) is 6.58. The third kappa shape index (κ3) is 6.44. The molecule has 2 atom stereocenters. The molecule has 1 aliphatic rings. The van der Waals surface area contributed by atoms with Crippen LogP contribution in [-0.4, -0.2) is 76.8 Å². The van der Waals surface area contributed by atoms with E-state index in [4.69, 9.17) is 17.3 Å². The minimum Gasteiger partial charge on any atom is -0.403 e. The normalized spacial score (nSPS) is 14.6. The number of anilines is 2. The van der Waals surface area contributed by atoms with Crippen LogP contribution in [0.4, 0.5) is 11.8 Å². The Morgan fingerprint density at radius 3 is 2.76 bits per heavy atom. The van der Waals surface area contributed by atoms with Gasteiger partial charge in [-0.3, -0.25) is 14.6 Å². The minimum absolute atomic E-state index is 0.254. The number of benzene rings is 1. The Labute approximate surface area is 243 Å². The summed E-state index contributed by atoms with van der Waals surface area (Å²) in [5, 5.41) is 16.1. The summed E-state index contributed by atoms with van der Waals surface area (Å²) in [6, 6.07) is 9.20. The standard InChI is InChI=1S/C28H32ClN9O3/c1-16(26(40)35-23(15-39)22-6-5-7-24(34-22)37(3)4)38-14-18-9-8-17(10-20(18)27(38)41)25-21(29)13-32-28(36-25)33-19(11-30)12-31-2/h5-13,16,23,39H,14-15,30H2,1-4H3,(H,35,40)(H,32,33,36)/t16-,23-/m1/s1. The summed E-state index contributed by atoms with van der Waals surface area (Å²) < 4.78 is 0. The van der Waals surface area contributed by atoms with Crippen molar-refractivity contribution in [2.24, 2.45) is 10.7 Å². The highest BCUT2D eigenvalue weighted by Gasteiger charge is 2.35. The zero-order valence-electron chi connectivity index (χ0n) is 23.2. The zero-order chi connectivity index (χ0) is 29.7. The number of aliphatic hydroxyl groups excluding tert-OH is 1. The number of nitrogens with one attached hydrogen (secondary N) is 2. The van der Waals surface area contributed by atoms with Crippen molar-refractivity contribution in [3.05, 3.63) is 76.3 Å². The number of carbonyl (C=O) groups is 2. The lowest BCUT2D eigenvalue weighted by atomic mass is 10.0. The first kappa shape index (κ1) is 29.4. The summed E-state index contributed by atoms with van der Waals surface area (Å²) in [5.41, 5.74) is 8.89. The van der Waals surface area contributed by atoms with Crippen LogP contribution < -0.4 is 21.3 Å². The molecule has 12 nitrogen and oxygen atoms in total. The first-order valence-corrected chi connectivity index (χ1v) is 13.2.